The van der Waals surface area contributed by atoms with Crippen LogP contribution in [-0.4, -0.2) is 72.7 Å². The molecule has 0 aliphatic rings. The van der Waals surface area contributed by atoms with Gasteiger partial charge in [-0.15, -0.1) is 0 Å². The number of methoxy groups -OCH3 is 1. The summed E-state index contributed by atoms with van der Waals surface area (Å²) in [6, 6.07) is 6.40. The molecule has 0 saturated heterocycles. The fraction of sp³-hybridized carbons (Fsp3) is 0.619. The fourth-order valence-electron chi connectivity index (χ4n) is 2.94. The van der Waals surface area contributed by atoms with Gasteiger partial charge in [-0.2, -0.15) is 11.8 Å². The Kier molecular flexibility index (Phi) is 11.7. The zero-order valence-electron chi connectivity index (χ0n) is 17.9. The van der Waals surface area contributed by atoms with E-state index in [1.165, 1.54) is 0 Å². The molecule has 0 aliphatic carbocycles. The standard InChI is InChI=1S/C21H35N3O4S/c1-15(2)8-10-24(19(20(22)26)9-11-29-4)14-17(25)13-23-21(27)16-6-5-7-18(12-16)28-3/h5-7,12,15,17,19,25H,8-11,13-14H2,1-4H3,(H2,22,26)(H,23,27). The molecular weight excluding hydrogens is 390 g/mol. The number of hydrogen-bond acceptors (Lipinski definition) is 6. The van der Waals surface area contributed by atoms with Crippen molar-refractivity contribution in [1.82, 2.24) is 10.2 Å². The van der Waals surface area contributed by atoms with Gasteiger partial charge in [-0.25, -0.2) is 0 Å². The zero-order chi connectivity index (χ0) is 21.8. The molecule has 7 nitrogen and oxygen atoms in total. The van der Waals surface area contributed by atoms with E-state index < -0.39 is 12.1 Å². The number of hydrogen-bond donors (Lipinski definition) is 3. The number of primary amides is 1. The zero-order valence-corrected chi connectivity index (χ0v) is 18.7. The van der Waals surface area contributed by atoms with E-state index in [1.54, 1.807) is 43.1 Å². The van der Waals surface area contributed by atoms with E-state index >= 15 is 0 Å². The van der Waals surface area contributed by atoms with Crippen LogP contribution in [0.5, 0.6) is 5.75 Å². The molecule has 164 valence electrons. The largest absolute Gasteiger partial charge is 0.497 e. The van der Waals surface area contributed by atoms with Crippen LogP contribution in [-0.2, 0) is 4.79 Å². The number of nitrogens with one attached hydrogen (secondary N) is 1. The Bertz CT molecular complexity index is 642. The minimum atomic E-state index is -0.812. The summed E-state index contributed by atoms with van der Waals surface area (Å²) in [7, 11) is 1.54. The topological polar surface area (TPSA) is 105 Å². The molecule has 0 aromatic heterocycles. The first kappa shape index (κ1) is 25.3. The van der Waals surface area contributed by atoms with Crippen molar-refractivity contribution in [2.45, 2.75) is 38.8 Å². The fourth-order valence-corrected chi connectivity index (χ4v) is 3.40. The summed E-state index contributed by atoms with van der Waals surface area (Å²) in [6.07, 6.45) is 2.70. The van der Waals surface area contributed by atoms with Crippen LogP contribution < -0.4 is 15.8 Å². The molecule has 1 aromatic rings. The molecule has 1 aromatic carbocycles. The molecule has 0 saturated carbocycles. The Morgan fingerprint density at radius 1 is 1.31 bits per heavy atom. The minimum Gasteiger partial charge on any atom is -0.497 e. The number of amides is 2. The van der Waals surface area contributed by atoms with Crippen molar-refractivity contribution in [3.8, 4) is 5.75 Å². The smallest absolute Gasteiger partial charge is 0.251 e. The Balaban J connectivity index is 2.70. The van der Waals surface area contributed by atoms with Crippen molar-refractivity contribution in [2.75, 3.05) is 38.8 Å². The van der Waals surface area contributed by atoms with Gasteiger partial charge in [-0.1, -0.05) is 19.9 Å². The van der Waals surface area contributed by atoms with Crippen LogP contribution >= 0.6 is 11.8 Å². The molecule has 0 fully saturated rings. The van der Waals surface area contributed by atoms with Gasteiger partial charge in [-0.3, -0.25) is 14.5 Å². The highest BCUT2D eigenvalue weighted by Crippen LogP contribution is 2.14. The number of nitrogens with two attached hydrogens (primary N) is 1. The summed E-state index contributed by atoms with van der Waals surface area (Å²) in [5.41, 5.74) is 6.09. The second-order valence-electron chi connectivity index (χ2n) is 7.47. The van der Waals surface area contributed by atoms with E-state index in [1.807, 2.05) is 11.2 Å². The van der Waals surface area contributed by atoms with E-state index in [2.05, 4.69) is 19.2 Å². The normalized spacial score (nSPS) is 13.3. The van der Waals surface area contributed by atoms with Gasteiger partial charge in [0.15, 0.2) is 0 Å². The van der Waals surface area contributed by atoms with Gasteiger partial charge < -0.3 is 20.9 Å². The number of carbonyl (C=O) groups excluding carboxylic acids is 2. The van der Waals surface area contributed by atoms with Crippen molar-refractivity contribution in [3.05, 3.63) is 29.8 Å². The van der Waals surface area contributed by atoms with Crippen LogP contribution in [0, 0.1) is 5.92 Å². The van der Waals surface area contributed by atoms with Gasteiger partial charge in [0.25, 0.3) is 5.91 Å². The Hall–Kier alpha value is -1.77. The number of ether oxygens (including phenoxy) is 1. The molecule has 2 atom stereocenters. The van der Waals surface area contributed by atoms with Gasteiger partial charge in [0.05, 0.1) is 19.3 Å². The lowest BCUT2D eigenvalue weighted by Crippen LogP contribution is -2.50. The molecule has 4 N–H and O–H groups in total. The summed E-state index contributed by atoms with van der Waals surface area (Å²) in [5.74, 6) is 1.21. The van der Waals surface area contributed by atoms with Gasteiger partial charge in [0.2, 0.25) is 5.91 Å². The van der Waals surface area contributed by atoms with Gasteiger partial charge in [0.1, 0.15) is 5.75 Å². The number of aliphatic hydroxyl groups excluding tert-OH is 1. The summed E-state index contributed by atoms with van der Waals surface area (Å²) in [6.45, 7) is 5.25. The Morgan fingerprint density at radius 2 is 2.03 bits per heavy atom. The number of rotatable bonds is 14. The average molecular weight is 426 g/mol. The molecular formula is C21H35N3O4S. The highest BCUT2D eigenvalue weighted by molar-refractivity contribution is 7.98. The monoisotopic (exact) mass is 425 g/mol. The molecule has 2 amide bonds. The quantitative estimate of drug-likeness (QED) is 0.419. The number of nitrogens with zero attached hydrogens (tertiary/aromatic N) is 1. The maximum Gasteiger partial charge on any atom is 0.251 e. The first-order valence-electron chi connectivity index (χ1n) is 9.91. The number of aliphatic hydroxyl groups is 1. The van der Waals surface area contributed by atoms with Crippen molar-refractivity contribution in [2.24, 2.45) is 11.7 Å². The molecule has 0 aliphatic heterocycles. The molecule has 8 heteroatoms. The predicted octanol–water partition coefficient (Wildman–Crippen LogP) is 1.74. The molecule has 0 heterocycles. The number of thioether (sulfide) groups is 1. The van der Waals surface area contributed by atoms with Crippen LogP contribution in [0.25, 0.3) is 0 Å². The second kappa shape index (κ2) is 13.5. The van der Waals surface area contributed by atoms with Crippen LogP contribution in [0.4, 0.5) is 0 Å². The second-order valence-corrected chi connectivity index (χ2v) is 8.46. The predicted molar refractivity (Wildman–Crippen MR) is 118 cm³/mol. The highest BCUT2D eigenvalue weighted by Gasteiger charge is 2.25. The molecule has 0 bridgehead atoms. The van der Waals surface area contributed by atoms with Crippen LogP contribution in [0.15, 0.2) is 24.3 Å². The van der Waals surface area contributed by atoms with E-state index in [0.717, 1.165) is 12.2 Å². The first-order valence-corrected chi connectivity index (χ1v) is 11.3. The molecule has 0 radical (unpaired) electrons. The SMILES string of the molecule is COc1cccc(C(=O)NCC(O)CN(CCC(C)C)C(CCSC)C(N)=O)c1. The molecule has 1 rings (SSSR count). The maximum absolute atomic E-state index is 12.3. The minimum absolute atomic E-state index is 0.0855. The lowest BCUT2D eigenvalue weighted by molar-refractivity contribution is -0.123. The van der Waals surface area contributed by atoms with Gasteiger partial charge in [0, 0.05) is 18.7 Å². The molecule has 2 unspecified atom stereocenters. The Labute approximate surface area is 178 Å². The summed E-state index contributed by atoms with van der Waals surface area (Å²) in [4.78, 5) is 26.3. The molecule has 29 heavy (non-hydrogen) atoms. The van der Waals surface area contributed by atoms with Crippen molar-refractivity contribution < 1.29 is 19.4 Å². The van der Waals surface area contributed by atoms with Crippen LogP contribution in [0.2, 0.25) is 0 Å². The van der Waals surface area contributed by atoms with E-state index in [9.17, 15) is 14.7 Å². The maximum atomic E-state index is 12.3. The summed E-state index contributed by atoms with van der Waals surface area (Å²) in [5, 5.41) is 13.2. The third-order valence-corrected chi connectivity index (χ3v) is 5.28. The lowest BCUT2D eigenvalue weighted by Gasteiger charge is -2.32. The molecule has 0 spiro atoms. The van der Waals surface area contributed by atoms with Crippen molar-refractivity contribution in [1.29, 1.82) is 0 Å². The van der Waals surface area contributed by atoms with E-state index in [-0.39, 0.29) is 24.9 Å². The summed E-state index contributed by atoms with van der Waals surface area (Å²) < 4.78 is 5.13. The van der Waals surface area contributed by atoms with E-state index in [0.29, 0.717) is 30.2 Å². The van der Waals surface area contributed by atoms with Gasteiger partial charge >= 0.3 is 0 Å². The third kappa shape index (κ3) is 9.51. The van der Waals surface area contributed by atoms with Crippen molar-refractivity contribution in [3.63, 3.8) is 0 Å². The van der Waals surface area contributed by atoms with E-state index in [4.69, 9.17) is 10.5 Å². The average Bonchev–Trinajstić information content (AvgIpc) is 2.69. The van der Waals surface area contributed by atoms with Crippen LogP contribution in [0.3, 0.4) is 0 Å². The highest BCUT2D eigenvalue weighted by atomic mass is 32.2. The number of carbonyl (C=O) groups is 2. The first-order chi connectivity index (χ1) is 13.8. The van der Waals surface area contributed by atoms with Gasteiger partial charge in [-0.05, 0) is 55.5 Å². The Morgan fingerprint density at radius 3 is 2.62 bits per heavy atom. The summed E-state index contributed by atoms with van der Waals surface area (Å²) >= 11 is 1.66. The van der Waals surface area contributed by atoms with Crippen molar-refractivity contribution >= 4 is 23.6 Å². The van der Waals surface area contributed by atoms with Crippen LogP contribution in [0.1, 0.15) is 37.0 Å². The number of benzene rings is 1. The lowest BCUT2D eigenvalue weighted by atomic mass is 10.1. The third-order valence-electron chi connectivity index (χ3n) is 4.63.